The second-order valence-corrected chi connectivity index (χ2v) is 6.39. The molecule has 0 spiro atoms. The SMILES string of the molecule is CC(CN1C(=O)c2ccccc2C1c1ccccc1N)N(C)C. The highest BCUT2D eigenvalue weighted by Gasteiger charge is 2.38. The molecule has 3 rings (SSSR count). The molecule has 0 radical (unpaired) electrons. The Balaban J connectivity index is 2.08. The molecule has 1 aliphatic rings. The molecule has 0 saturated heterocycles. The number of hydrogen-bond donors (Lipinski definition) is 1. The summed E-state index contributed by atoms with van der Waals surface area (Å²) < 4.78 is 0. The molecule has 0 aliphatic carbocycles. The Labute approximate surface area is 137 Å². The van der Waals surface area contributed by atoms with E-state index in [1.807, 2.05) is 67.5 Å². The Morgan fingerprint density at radius 3 is 2.35 bits per heavy atom. The second kappa shape index (κ2) is 6.05. The molecule has 2 atom stereocenters. The van der Waals surface area contributed by atoms with Gasteiger partial charge in [0.2, 0.25) is 0 Å². The van der Waals surface area contributed by atoms with Gasteiger partial charge in [0.1, 0.15) is 0 Å². The number of fused-ring (bicyclic) bond motifs is 1. The molecule has 120 valence electrons. The Morgan fingerprint density at radius 1 is 1.09 bits per heavy atom. The Morgan fingerprint density at radius 2 is 1.70 bits per heavy atom. The average Bonchev–Trinajstić information content (AvgIpc) is 2.81. The van der Waals surface area contributed by atoms with Crippen LogP contribution in [-0.4, -0.2) is 42.4 Å². The van der Waals surface area contributed by atoms with E-state index in [0.717, 1.165) is 22.4 Å². The van der Waals surface area contributed by atoms with Crippen molar-refractivity contribution >= 4 is 11.6 Å². The quantitative estimate of drug-likeness (QED) is 0.884. The highest BCUT2D eigenvalue weighted by atomic mass is 16.2. The number of anilines is 1. The smallest absolute Gasteiger partial charge is 0.255 e. The predicted octanol–water partition coefficient (Wildman–Crippen LogP) is 2.76. The van der Waals surface area contributed by atoms with Gasteiger partial charge in [0, 0.05) is 29.4 Å². The maximum Gasteiger partial charge on any atom is 0.255 e. The van der Waals surface area contributed by atoms with E-state index in [-0.39, 0.29) is 18.0 Å². The summed E-state index contributed by atoms with van der Waals surface area (Å²) in [4.78, 5) is 17.0. The highest BCUT2D eigenvalue weighted by Crippen LogP contribution is 2.40. The molecule has 1 heterocycles. The fourth-order valence-corrected chi connectivity index (χ4v) is 3.10. The first-order valence-electron chi connectivity index (χ1n) is 7.91. The van der Waals surface area contributed by atoms with Gasteiger partial charge in [-0.1, -0.05) is 36.4 Å². The lowest BCUT2D eigenvalue weighted by Gasteiger charge is -2.31. The molecule has 2 aromatic carbocycles. The van der Waals surface area contributed by atoms with E-state index in [9.17, 15) is 4.79 Å². The van der Waals surface area contributed by atoms with Crippen LogP contribution in [0.25, 0.3) is 0 Å². The number of likely N-dealkylation sites (N-methyl/N-ethyl adjacent to an activating group) is 1. The fraction of sp³-hybridized carbons (Fsp3) is 0.316. The van der Waals surface area contributed by atoms with Crippen molar-refractivity contribution in [1.82, 2.24) is 9.80 Å². The van der Waals surface area contributed by atoms with E-state index in [1.165, 1.54) is 0 Å². The van der Waals surface area contributed by atoms with Crippen LogP contribution in [0.4, 0.5) is 5.69 Å². The van der Waals surface area contributed by atoms with E-state index in [0.29, 0.717) is 6.54 Å². The number of nitrogen functional groups attached to an aromatic ring is 1. The van der Waals surface area contributed by atoms with Crippen molar-refractivity contribution in [1.29, 1.82) is 0 Å². The number of benzene rings is 2. The average molecular weight is 309 g/mol. The summed E-state index contributed by atoms with van der Waals surface area (Å²) in [5, 5.41) is 0. The third kappa shape index (κ3) is 2.70. The van der Waals surface area contributed by atoms with Crippen molar-refractivity contribution in [2.45, 2.75) is 19.0 Å². The van der Waals surface area contributed by atoms with Gasteiger partial charge in [-0.2, -0.15) is 0 Å². The van der Waals surface area contributed by atoms with Gasteiger partial charge in [0.25, 0.3) is 5.91 Å². The number of para-hydroxylation sites is 1. The summed E-state index contributed by atoms with van der Waals surface area (Å²) in [5.41, 5.74) is 9.76. The first-order valence-corrected chi connectivity index (χ1v) is 7.91. The number of amides is 1. The lowest BCUT2D eigenvalue weighted by Crippen LogP contribution is -2.40. The largest absolute Gasteiger partial charge is 0.398 e. The van der Waals surface area contributed by atoms with Gasteiger partial charge in [-0.05, 0) is 38.7 Å². The third-order valence-corrected chi connectivity index (χ3v) is 4.69. The van der Waals surface area contributed by atoms with Crippen LogP contribution in [0.2, 0.25) is 0 Å². The van der Waals surface area contributed by atoms with Crippen LogP contribution >= 0.6 is 0 Å². The lowest BCUT2D eigenvalue weighted by atomic mass is 9.96. The molecule has 2 N–H and O–H groups in total. The van der Waals surface area contributed by atoms with Crippen molar-refractivity contribution in [3.05, 3.63) is 65.2 Å². The molecule has 4 heteroatoms. The van der Waals surface area contributed by atoms with Crippen molar-refractivity contribution in [3.8, 4) is 0 Å². The molecule has 0 aromatic heterocycles. The van der Waals surface area contributed by atoms with E-state index in [4.69, 9.17) is 5.73 Å². The molecule has 23 heavy (non-hydrogen) atoms. The molecule has 4 nitrogen and oxygen atoms in total. The summed E-state index contributed by atoms with van der Waals surface area (Å²) in [6, 6.07) is 15.8. The summed E-state index contributed by atoms with van der Waals surface area (Å²) in [7, 11) is 4.06. The molecule has 2 aromatic rings. The maximum absolute atomic E-state index is 12.9. The van der Waals surface area contributed by atoms with E-state index < -0.39 is 0 Å². The first-order chi connectivity index (χ1) is 11.0. The van der Waals surface area contributed by atoms with Crippen LogP contribution in [0, 0.1) is 0 Å². The van der Waals surface area contributed by atoms with Crippen molar-refractivity contribution < 1.29 is 4.79 Å². The normalized spacial score (nSPS) is 18.3. The van der Waals surface area contributed by atoms with Gasteiger partial charge in [0.05, 0.1) is 6.04 Å². The number of hydrogen-bond acceptors (Lipinski definition) is 3. The summed E-state index contributed by atoms with van der Waals surface area (Å²) in [5.74, 6) is 0.0857. The number of carbonyl (C=O) groups excluding carboxylic acids is 1. The van der Waals surface area contributed by atoms with Gasteiger partial charge >= 0.3 is 0 Å². The second-order valence-electron chi connectivity index (χ2n) is 6.39. The lowest BCUT2D eigenvalue weighted by molar-refractivity contribution is 0.0705. The minimum absolute atomic E-state index is 0.0857. The molecule has 0 bridgehead atoms. The van der Waals surface area contributed by atoms with Gasteiger partial charge in [-0.25, -0.2) is 0 Å². The zero-order chi connectivity index (χ0) is 16.6. The van der Waals surface area contributed by atoms with E-state index in [1.54, 1.807) is 0 Å². The molecular weight excluding hydrogens is 286 g/mol. The Kier molecular flexibility index (Phi) is 4.09. The van der Waals surface area contributed by atoms with Crippen molar-refractivity contribution in [2.75, 3.05) is 26.4 Å². The summed E-state index contributed by atoms with van der Waals surface area (Å²) >= 11 is 0. The number of nitrogens with two attached hydrogens (primary N) is 1. The minimum atomic E-state index is -0.109. The van der Waals surface area contributed by atoms with Gasteiger partial charge in [-0.15, -0.1) is 0 Å². The Bertz CT molecular complexity index is 726. The summed E-state index contributed by atoms with van der Waals surface area (Å²) in [6.07, 6.45) is 0. The predicted molar refractivity (Wildman–Crippen MR) is 93.3 cm³/mol. The molecular formula is C19H23N3O. The molecule has 0 fully saturated rings. The van der Waals surface area contributed by atoms with Crippen molar-refractivity contribution in [2.24, 2.45) is 0 Å². The zero-order valence-electron chi connectivity index (χ0n) is 13.9. The standard InChI is InChI=1S/C19H23N3O/c1-13(21(2)3)12-22-18(16-10-6-7-11-17(16)20)14-8-4-5-9-15(14)19(22)23/h4-11,13,18H,12,20H2,1-3H3. The number of nitrogens with zero attached hydrogens (tertiary/aromatic N) is 2. The Hall–Kier alpha value is -2.33. The van der Waals surface area contributed by atoms with E-state index in [2.05, 4.69) is 11.8 Å². The highest BCUT2D eigenvalue weighted by molar-refractivity contribution is 6.00. The minimum Gasteiger partial charge on any atom is -0.398 e. The van der Waals surface area contributed by atoms with Crippen LogP contribution < -0.4 is 5.73 Å². The topological polar surface area (TPSA) is 49.6 Å². The monoisotopic (exact) mass is 309 g/mol. The fourth-order valence-electron chi connectivity index (χ4n) is 3.10. The zero-order valence-corrected chi connectivity index (χ0v) is 13.9. The van der Waals surface area contributed by atoms with Crippen LogP contribution in [0.5, 0.6) is 0 Å². The maximum atomic E-state index is 12.9. The van der Waals surface area contributed by atoms with Crippen LogP contribution in [0.1, 0.15) is 34.5 Å². The van der Waals surface area contributed by atoms with E-state index >= 15 is 0 Å². The van der Waals surface area contributed by atoms with Gasteiger partial charge < -0.3 is 15.5 Å². The first kappa shape index (κ1) is 15.6. The molecule has 0 saturated carbocycles. The van der Waals surface area contributed by atoms with Crippen LogP contribution in [-0.2, 0) is 0 Å². The van der Waals surface area contributed by atoms with Crippen LogP contribution in [0.3, 0.4) is 0 Å². The number of rotatable bonds is 4. The number of carbonyl (C=O) groups is 1. The van der Waals surface area contributed by atoms with Gasteiger partial charge in [-0.3, -0.25) is 4.79 Å². The van der Waals surface area contributed by atoms with Crippen LogP contribution in [0.15, 0.2) is 48.5 Å². The summed E-state index contributed by atoms with van der Waals surface area (Å²) in [6.45, 7) is 2.79. The van der Waals surface area contributed by atoms with Gasteiger partial charge in [0.15, 0.2) is 0 Å². The molecule has 1 aliphatic heterocycles. The van der Waals surface area contributed by atoms with Crippen molar-refractivity contribution in [3.63, 3.8) is 0 Å². The third-order valence-electron chi connectivity index (χ3n) is 4.69. The molecule has 1 amide bonds. The molecule has 2 unspecified atom stereocenters.